The maximum Gasteiger partial charge on any atom is 0.228 e. The second kappa shape index (κ2) is 8.14. The van der Waals surface area contributed by atoms with E-state index >= 15 is 0 Å². The summed E-state index contributed by atoms with van der Waals surface area (Å²) in [6.45, 7) is 5.18. The predicted molar refractivity (Wildman–Crippen MR) is 88.0 cm³/mol. The van der Waals surface area contributed by atoms with Gasteiger partial charge in [-0.1, -0.05) is 18.1 Å². The van der Waals surface area contributed by atoms with Gasteiger partial charge in [0.05, 0.1) is 24.7 Å². The van der Waals surface area contributed by atoms with E-state index in [1.165, 1.54) is 0 Å². The van der Waals surface area contributed by atoms with Crippen molar-refractivity contribution in [3.63, 3.8) is 0 Å². The molecular formula is C18H21N3O2. The third-order valence-corrected chi connectivity index (χ3v) is 3.87. The fourth-order valence-electron chi connectivity index (χ4n) is 2.71. The second-order valence-corrected chi connectivity index (χ2v) is 5.54. The van der Waals surface area contributed by atoms with Gasteiger partial charge in [-0.05, 0) is 18.6 Å². The molecule has 1 aliphatic heterocycles. The number of nitrogens with zero attached hydrogens (tertiary/aromatic N) is 3. The molecule has 0 aliphatic carbocycles. The van der Waals surface area contributed by atoms with Crippen molar-refractivity contribution in [1.82, 2.24) is 14.8 Å². The third kappa shape index (κ3) is 4.43. The first-order valence-corrected chi connectivity index (χ1v) is 7.66. The van der Waals surface area contributed by atoms with Gasteiger partial charge >= 0.3 is 0 Å². The van der Waals surface area contributed by atoms with Crippen LogP contribution in [0.5, 0.6) is 0 Å². The largest absolute Gasteiger partial charge is 0.336 e. The Morgan fingerprint density at radius 2 is 2.39 bits per heavy atom. The molecule has 1 fully saturated rings. The Hall–Kier alpha value is -2.61. The van der Waals surface area contributed by atoms with E-state index in [1.807, 2.05) is 18.2 Å². The van der Waals surface area contributed by atoms with Gasteiger partial charge in [-0.25, -0.2) is 0 Å². The van der Waals surface area contributed by atoms with Gasteiger partial charge in [0.2, 0.25) is 11.8 Å². The zero-order chi connectivity index (χ0) is 16.7. The minimum Gasteiger partial charge on any atom is -0.336 e. The standard InChI is InChI=1S/C18H21N3O2/c1-3-11-20(12-4-2)18(23)15-8-9-17(22)21(13-15)14-16-7-5-6-10-19-16/h1,4-7,10,15H,2,8-9,11-14H2. The van der Waals surface area contributed by atoms with Gasteiger partial charge in [0.25, 0.3) is 0 Å². The van der Waals surface area contributed by atoms with Crippen LogP contribution in [0, 0.1) is 18.3 Å². The van der Waals surface area contributed by atoms with Crippen LogP contribution in [0.2, 0.25) is 0 Å². The number of rotatable bonds is 6. The SMILES string of the molecule is C#CCN(CC=C)C(=O)C1CCC(=O)N(Cc2ccccn2)C1. The minimum absolute atomic E-state index is 0.0126. The van der Waals surface area contributed by atoms with Crippen molar-refractivity contribution in [3.8, 4) is 12.3 Å². The van der Waals surface area contributed by atoms with Gasteiger partial charge < -0.3 is 9.80 Å². The number of hydrogen-bond donors (Lipinski definition) is 0. The maximum absolute atomic E-state index is 12.6. The van der Waals surface area contributed by atoms with E-state index in [1.54, 1.807) is 22.1 Å². The molecule has 1 atom stereocenters. The number of carbonyl (C=O) groups excluding carboxylic acids is 2. The van der Waals surface area contributed by atoms with Gasteiger partial charge in [-0.2, -0.15) is 0 Å². The van der Waals surface area contributed by atoms with Gasteiger partial charge in [-0.3, -0.25) is 14.6 Å². The fourth-order valence-corrected chi connectivity index (χ4v) is 2.71. The predicted octanol–water partition coefficient (Wildman–Crippen LogP) is 1.47. The maximum atomic E-state index is 12.6. The second-order valence-electron chi connectivity index (χ2n) is 5.54. The first kappa shape index (κ1) is 16.8. The van der Waals surface area contributed by atoms with Gasteiger partial charge in [0.1, 0.15) is 0 Å². The molecule has 0 spiro atoms. The van der Waals surface area contributed by atoms with Gasteiger partial charge in [0, 0.05) is 25.7 Å². The smallest absolute Gasteiger partial charge is 0.228 e. The van der Waals surface area contributed by atoms with Crippen LogP contribution in [0.15, 0.2) is 37.1 Å². The number of hydrogen-bond acceptors (Lipinski definition) is 3. The molecule has 0 N–H and O–H groups in total. The molecule has 0 bridgehead atoms. The van der Waals surface area contributed by atoms with E-state index < -0.39 is 0 Å². The molecule has 1 saturated heterocycles. The van der Waals surface area contributed by atoms with Crippen LogP contribution in [0.3, 0.4) is 0 Å². The van der Waals surface area contributed by atoms with Crippen molar-refractivity contribution in [1.29, 1.82) is 0 Å². The van der Waals surface area contributed by atoms with Crippen LogP contribution in [-0.2, 0) is 16.1 Å². The van der Waals surface area contributed by atoms with E-state index in [0.717, 1.165) is 5.69 Å². The molecule has 0 saturated carbocycles. The Morgan fingerprint density at radius 1 is 1.57 bits per heavy atom. The minimum atomic E-state index is -0.218. The van der Waals surface area contributed by atoms with Crippen LogP contribution in [0.1, 0.15) is 18.5 Å². The summed E-state index contributed by atoms with van der Waals surface area (Å²) in [5.41, 5.74) is 0.820. The zero-order valence-electron chi connectivity index (χ0n) is 13.1. The van der Waals surface area contributed by atoms with Gasteiger partial charge in [0.15, 0.2) is 0 Å². The molecule has 2 amide bonds. The Labute approximate surface area is 137 Å². The molecule has 0 radical (unpaired) electrons. The van der Waals surface area contributed by atoms with E-state index in [0.29, 0.717) is 32.5 Å². The molecule has 5 heteroatoms. The summed E-state index contributed by atoms with van der Waals surface area (Å²) in [4.78, 5) is 32.3. The average Bonchev–Trinajstić information content (AvgIpc) is 2.57. The normalized spacial score (nSPS) is 17.4. The summed E-state index contributed by atoms with van der Waals surface area (Å²) in [7, 11) is 0. The lowest BCUT2D eigenvalue weighted by Gasteiger charge is -2.34. The molecule has 2 rings (SSSR count). The molecule has 1 aliphatic rings. The lowest BCUT2D eigenvalue weighted by Crippen LogP contribution is -2.47. The average molecular weight is 311 g/mol. The number of aromatic nitrogens is 1. The summed E-state index contributed by atoms with van der Waals surface area (Å²) in [5.74, 6) is 2.33. The third-order valence-electron chi connectivity index (χ3n) is 3.87. The van der Waals surface area contributed by atoms with Crippen molar-refractivity contribution >= 4 is 11.8 Å². The first-order chi connectivity index (χ1) is 11.2. The zero-order valence-corrected chi connectivity index (χ0v) is 13.1. The van der Waals surface area contributed by atoms with Crippen LogP contribution in [-0.4, -0.2) is 46.2 Å². The number of carbonyl (C=O) groups is 2. The monoisotopic (exact) mass is 311 g/mol. The topological polar surface area (TPSA) is 53.5 Å². The van der Waals surface area contributed by atoms with Crippen LogP contribution >= 0.6 is 0 Å². The highest BCUT2D eigenvalue weighted by atomic mass is 16.2. The highest BCUT2D eigenvalue weighted by Gasteiger charge is 2.32. The quantitative estimate of drug-likeness (QED) is 0.590. The molecule has 23 heavy (non-hydrogen) atoms. The first-order valence-electron chi connectivity index (χ1n) is 7.66. The van der Waals surface area contributed by atoms with Crippen molar-refractivity contribution in [2.75, 3.05) is 19.6 Å². The van der Waals surface area contributed by atoms with E-state index in [-0.39, 0.29) is 24.3 Å². The van der Waals surface area contributed by atoms with Crippen molar-refractivity contribution in [3.05, 3.63) is 42.7 Å². The van der Waals surface area contributed by atoms with Crippen LogP contribution in [0.4, 0.5) is 0 Å². The molecule has 0 aromatic carbocycles. The molecule has 5 nitrogen and oxygen atoms in total. The summed E-state index contributed by atoms with van der Waals surface area (Å²) in [5, 5.41) is 0. The number of terminal acetylenes is 1. The van der Waals surface area contributed by atoms with Crippen molar-refractivity contribution in [2.45, 2.75) is 19.4 Å². The molecule has 1 aromatic rings. The molecular weight excluding hydrogens is 290 g/mol. The molecule has 1 unspecified atom stereocenters. The molecule has 120 valence electrons. The molecule has 2 heterocycles. The summed E-state index contributed by atoms with van der Waals surface area (Å²) in [6, 6.07) is 5.60. The number of amides is 2. The number of likely N-dealkylation sites (tertiary alicyclic amines) is 1. The highest BCUT2D eigenvalue weighted by molar-refractivity contribution is 5.84. The summed E-state index contributed by atoms with van der Waals surface area (Å²) >= 11 is 0. The lowest BCUT2D eigenvalue weighted by atomic mass is 9.95. The van der Waals surface area contributed by atoms with E-state index in [4.69, 9.17) is 6.42 Å². The number of piperidine rings is 1. The molecule has 1 aromatic heterocycles. The summed E-state index contributed by atoms with van der Waals surface area (Å²) in [6.07, 6.45) is 9.63. The number of pyridine rings is 1. The van der Waals surface area contributed by atoms with E-state index in [9.17, 15) is 9.59 Å². The Bertz CT molecular complexity index is 606. The van der Waals surface area contributed by atoms with Crippen molar-refractivity contribution in [2.24, 2.45) is 5.92 Å². The van der Waals surface area contributed by atoms with Gasteiger partial charge in [-0.15, -0.1) is 13.0 Å². The summed E-state index contributed by atoms with van der Waals surface area (Å²) < 4.78 is 0. The lowest BCUT2D eigenvalue weighted by molar-refractivity contribution is -0.142. The van der Waals surface area contributed by atoms with Crippen LogP contribution < -0.4 is 0 Å². The van der Waals surface area contributed by atoms with Crippen molar-refractivity contribution < 1.29 is 9.59 Å². The Balaban J connectivity index is 2.04. The van der Waals surface area contributed by atoms with Crippen LogP contribution in [0.25, 0.3) is 0 Å². The Morgan fingerprint density at radius 3 is 3.04 bits per heavy atom. The Kier molecular flexibility index (Phi) is 5.93. The highest BCUT2D eigenvalue weighted by Crippen LogP contribution is 2.21. The van der Waals surface area contributed by atoms with E-state index in [2.05, 4.69) is 17.5 Å². The fraction of sp³-hybridized carbons (Fsp3) is 0.389.